The molecule has 0 saturated carbocycles. The summed E-state index contributed by atoms with van der Waals surface area (Å²) in [4.78, 5) is 16.0. The largest absolute Gasteiger partial charge is 0.455 e. The Morgan fingerprint density at radius 1 is 1.08 bits per heavy atom. The van der Waals surface area contributed by atoms with E-state index >= 15 is 0 Å². The Hall–Kier alpha value is -3.47. The lowest BCUT2D eigenvalue weighted by atomic mass is 10.1. The topological polar surface area (TPSA) is 67.5 Å². The van der Waals surface area contributed by atoms with E-state index in [1.54, 1.807) is 25.3 Å². The summed E-state index contributed by atoms with van der Waals surface area (Å²) >= 11 is 0. The van der Waals surface area contributed by atoms with E-state index in [9.17, 15) is 4.79 Å². The first-order valence-corrected chi connectivity index (χ1v) is 7.89. The number of pyridine rings is 1. The van der Waals surface area contributed by atoms with Crippen LogP contribution in [0.1, 0.15) is 23.0 Å². The van der Waals surface area contributed by atoms with Gasteiger partial charge in [-0.25, -0.2) is 5.43 Å². The Labute approximate surface area is 144 Å². The average Bonchev–Trinajstić information content (AvgIpc) is 3.11. The number of furan rings is 1. The van der Waals surface area contributed by atoms with Crippen molar-refractivity contribution in [1.82, 2.24) is 10.4 Å². The maximum absolute atomic E-state index is 12.0. The molecule has 2 aromatic heterocycles. The van der Waals surface area contributed by atoms with Crippen molar-refractivity contribution in [3.05, 3.63) is 78.3 Å². The van der Waals surface area contributed by atoms with Crippen LogP contribution in [0.5, 0.6) is 0 Å². The van der Waals surface area contributed by atoms with Crippen molar-refractivity contribution in [3.63, 3.8) is 0 Å². The molecule has 0 atom stereocenters. The third-order valence-corrected chi connectivity index (χ3v) is 4.03. The third-order valence-electron chi connectivity index (χ3n) is 4.03. The van der Waals surface area contributed by atoms with E-state index in [1.165, 1.54) is 6.20 Å². The van der Waals surface area contributed by atoms with Crippen molar-refractivity contribution in [2.45, 2.75) is 6.92 Å². The molecule has 0 spiro atoms. The zero-order chi connectivity index (χ0) is 17.2. The minimum absolute atomic E-state index is 0.311. The molecule has 25 heavy (non-hydrogen) atoms. The van der Waals surface area contributed by atoms with Gasteiger partial charge in [-0.05, 0) is 42.0 Å². The summed E-state index contributed by atoms with van der Waals surface area (Å²) in [6.45, 7) is 1.80. The molecule has 2 aromatic carbocycles. The number of carbonyl (C=O) groups excluding carboxylic acids is 1. The number of amides is 1. The number of hydrogen-bond acceptors (Lipinski definition) is 4. The van der Waals surface area contributed by atoms with E-state index in [4.69, 9.17) is 4.42 Å². The van der Waals surface area contributed by atoms with Crippen LogP contribution in [0.4, 0.5) is 0 Å². The van der Waals surface area contributed by atoms with E-state index in [0.717, 1.165) is 21.7 Å². The highest BCUT2D eigenvalue weighted by atomic mass is 16.3. The minimum Gasteiger partial charge on any atom is -0.455 e. The Bertz CT molecular complexity index is 1100. The number of aromatic nitrogens is 1. The van der Waals surface area contributed by atoms with Gasteiger partial charge in [0, 0.05) is 17.8 Å². The van der Waals surface area contributed by atoms with Crippen molar-refractivity contribution >= 4 is 33.4 Å². The molecule has 0 bridgehead atoms. The first-order valence-electron chi connectivity index (χ1n) is 7.89. The number of rotatable bonds is 3. The van der Waals surface area contributed by atoms with Gasteiger partial charge in [0.05, 0.1) is 5.56 Å². The van der Waals surface area contributed by atoms with Crippen LogP contribution in [0.3, 0.4) is 0 Å². The Kier molecular flexibility index (Phi) is 3.74. The highest BCUT2D eigenvalue weighted by Gasteiger charge is 2.10. The van der Waals surface area contributed by atoms with Crippen LogP contribution in [0, 0.1) is 0 Å². The van der Waals surface area contributed by atoms with Gasteiger partial charge in [-0.2, -0.15) is 5.10 Å². The van der Waals surface area contributed by atoms with Crippen molar-refractivity contribution in [2.75, 3.05) is 0 Å². The summed E-state index contributed by atoms with van der Waals surface area (Å²) in [7, 11) is 0. The standard InChI is InChI=1S/C20H15N3O2/c1-13(22-23-20(24)15-6-4-10-21-12-15)19-11-17-16-7-3-2-5-14(16)8-9-18(17)25-19/h2-12H,1H3,(H,23,24). The maximum Gasteiger partial charge on any atom is 0.272 e. The van der Waals surface area contributed by atoms with Crippen LogP contribution >= 0.6 is 0 Å². The van der Waals surface area contributed by atoms with Crippen LogP contribution in [-0.4, -0.2) is 16.6 Å². The van der Waals surface area contributed by atoms with Crippen LogP contribution < -0.4 is 5.43 Å². The maximum atomic E-state index is 12.0. The summed E-state index contributed by atoms with van der Waals surface area (Å²) in [5.41, 5.74) is 4.37. The third kappa shape index (κ3) is 2.87. The van der Waals surface area contributed by atoms with E-state index in [2.05, 4.69) is 27.6 Å². The van der Waals surface area contributed by atoms with Gasteiger partial charge in [-0.15, -0.1) is 0 Å². The second kappa shape index (κ2) is 6.20. The second-order valence-electron chi connectivity index (χ2n) is 5.69. The number of benzene rings is 2. The fourth-order valence-corrected chi connectivity index (χ4v) is 2.72. The molecule has 0 aliphatic heterocycles. The fraction of sp³-hybridized carbons (Fsp3) is 0.0500. The Morgan fingerprint density at radius 2 is 1.96 bits per heavy atom. The number of carbonyl (C=O) groups is 1. The molecule has 5 heteroatoms. The smallest absolute Gasteiger partial charge is 0.272 e. The highest BCUT2D eigenvalue weighted by Crippen LogP contribution is 2.28. The van der Waals surface area contributed by atoms with Gasteiger partial charge in [0.15, 0.2) is 5.76 Å². The molecule has 0 saturated heterocycles. The molecular formula is C20H15N3O2. The molecule has 2 heterocycles. The van der Waals surface area contributed by atoms with Gasteiger partial charge < -0.3 is 4.42 Å². The van der Waals surface area contributed by atoms with Crippen molar-refractivity contribution in [2.24, 2.45) is 5.10 Å². The van der Waals surface area contributed by atoms with Crippen LogP contribution in [0.2, 0.25) is 0 Å². The molecule has 0 radical (unpaired) electrons. The van der Waals surface area contributed by atoms with E-state index in [1.807, 2.05) is 30.3 Å². The molecule has 0 aliphatic carbocycles. The lowest BCUT2D eigenvalue weighted by Crippen LogP contribution is -2.19. The van der Waals surface area contributed by atoms with Gasteiger partial charge in [0.2, 0.25) is 0 Å². The SMILES string of the molecule is CC(=NNC(=O)c1cccnc1)c1cc2c(ccc3ccccc32)o1. The number of hydrogen-bond donors (Lipinski definition) is 1. The van der Waals surface area contributed by atoms with Crippen molar-refractivity contribution < 1.29 is 9.21 Å². The first kappa shape index (κ1) is 15.1. The van der Waals surface area contributed by atoms with Gasteiger partial charge >= 0.3 is 0 Å². The Balaban J connectivity index is 1.64. The fourth-order valence-electron chi connectivity index (χ4n) is 2.72. The normalized spacial score (nSPS) is 11.8. The van der Waals surface area contributed by atoms with Crippen LogP contribution in [-0.2, 0) is 0 Å². The van der Waals surface area contributed by atoms with E-state index < -0.39 is 0 Å². The van der Waals surface area contributed by atoms with Gasteiger partial charge in [0.25, 0.3) is 5.91 Å². The molecule has 4 aromatic rings. The number of nitrogens with zero attached hydrogens (tertiary/aromatic N) is 2. The monoisotopic (exact) mass is 329 g/mol. The molecule has 0 unspecified atom stereocenters. The average molecular weight is 329 g/mol. The summed E-state index contributed by atoms with van der Waals surface area (Å²) in [6.07, 6.45) is 3.11. The molecule has 0 fully saturated rings. The van der Waals surface area contributed by atoms with E-state index in [0.29, 0.717) is 17.0 Å². The number of fused-ring (bicyclic) bond motifs is 3. The van der Waals surface area contributed by atoms with Gasteiger partial charge in [0.1, 0.15) is 11.3 Å². The molecule has 0 aliphatic rings. The number of nitrogens with one attached hydrogen (secondary N) is 1. The zero-order valence-corrected chi connectivity index (χ0v) is 13.6. The summed E-state index contributed by atoms with van der Waals surface area (Å²) in [5, 5.41) is 7.45. The molecule has 122 valence electrons. The van der Waals surface area contributed by atoms with Crippen LogP contribution in [0.25, 0.3) is 21.7 Å². The number of hydrazone groups is 1. The molecular weight excluding hydrogens is 314 g/mol. The molecule has 1 amide bonds. The quantitative estimate of drug-likeness (QED) is 0.454. The highest BCUT2D eigenvalue weighted by molar-refractivity contribution is 6.09. The predicted molar refractivity (Wildman–Crippen MR) is 97.6 cm³/mol. The molecule has 4 rings (SSSR count). The summed E-state index contributed by atoms with van der Waals surface area (Å²) in [5.74, 6) is 0.312. The molecule has 1 N–H and O–H groups in total. The lowest BCUT2D eigenvalue weighted by Gasteiger charge is -2.00. The Morgan fingerprint density at radius 3 is 2.80 bits per heavy atom. The lowest BCUT2D eigenvalue weighted by molar-refractivity contribution is 0.0954. The zero-order valence-electron chi connectivity index (χ0n) is 13.6. The van der Waals surface area contributed by atoms with Gasteiger partial charge in [-0.3, -0.25) is 9.78 Å². The van der Waals surface area contributed by atoms with Crippen molar-refractivity contribution in [1.29, 1.82) is 0 Å². The summed E-state index contributed by atoms with van der Waals surface area (Å²) in [6, 6.07) is 17.5. The van der Waals surface area contributed by atoms with Crippen LogP contribution in [0.15, 0.2) is 76.5 Å². The first-order chi connectivity index (χ1) is 12.2. The van der Waals surface area contributed by atoms with E-state index in [-0.39, 0.29) is 5.91 Å². The minimum atomic E-state index is -0.311. The van der Waals surface area contributed by atoms with Gasteiger partial charge in [-0.1, -0.05) is 30.3 Å². The molecule has 5 nitrogen and oxygen atoms in total. The second-order valence-corrected chi connectivity index (χ2v) is 5.69. The summed E-state index contributed by atoms with van der Waals surface area (Å²) < 4.78 is 5.88. The van der Waals surface area contributed by atoms with Crippen molar-refractivity contribution in [3.8, 4) is 0 Å². The predicted octanol–water partition coefficient (Wildman–Crippen LogP) is 4.14.